The first-order valence-corrected chi connectivity index (χ1v) is 10.1. The van der Waals surface area contributed by atoms with Crippen LogP contribution in [0, 0.1) is 6.92 Å². The molecule has 0 bridgehead atoms. The third-order valence-electron chi connectivity index (χ3n) is 4.88. The third kappa shape index (κ3) is 4.26. The van der Waals surface area contributed by atoms with E-state index in [1.807, 2.05) is 43.3 Å². The first kappa shape index (κ1) is 17.9. The summed E-state index contributed by atoms with van der Waals surface area (Å²) in [5.74, 6) is -0.00116. The zero-order valence-electron chi connectivity index (χ0n) is 15.4. The quantitative estimate of drug-likeness (QED) is 0.727. The van der Waals surface area contributed by atoms with E-state index in [9.17, 15) is 4.79 Å². The van der Waals surface area contributed by atoms with Crippen molar-refractivity contribution in [1.29, 1.82) is 0 Å². The van der Waals surface area contributed by atoms with Crippen LogP contribution in [0.15, 0.2) is 60.7 Å². The maximum Gasteiger partial charge on any atom is 0.263 e. The van der Waals surface area contributed by atoms with Gasteiger partial charge < -0.3 is 5.32 Å². The number of hydrogen-bond acceptors (Lipinski definition) is 4. The molecule has 0 radical (unpaired) electrons. The number of carbonyl (C=O) groups excluding carboxylic acids is 1. The highest BCUT2D eigenvalue weighted by Crippen LogP contribution is 2.28. The fourth-order valence-electron chi connectivity index (χ4n) is 3.50. The molecule has 4 rings (SSSR count). The number of nitrogens with zero attached hydrogens (tertiary/aromatic N) is 2. The number of likely N-dealkylation sites (tertiary alicyclic amines) is 1. The van der Waals surface area contributed by atoms with Gasteiger partial charge in [-0.1, -0.05) is 60.7 Å². The molecule has 2 aromatic carbocycles. The fraction of sp³-hybridized carbons (Fsp3) is 0.273. The number of thiazole rings is 1. The van der Waals surface area contributed by atoms with Crippen LogP contribution in [0.4, 0.5) is 0 Å². The molecule has 0 aliphatic carbocycles. The molecule has 27 heavy (non-hydrogen) atoms. The first-order valence-electron chi connectivity index (χ1n) is 9.29. The number of amides is 1. The van der Waals surface area contributed by atoms with E-state index in [0.717, 1.165) is 47.2 Å². The molecule has 1 aliphatic rings. The van der Waals surface area contributed by atoms with E-state index in [0.29, 0.717) is 0 Å². The highest BCUT2D eigenvalue weighted by atomic mass is 32.1. The summed E-state index contributed by atoms with van der Waals surface area (Å²) in [5, 5.41) is 4.10. The summed E-state index contributed by atoms with van der Waals surface area (Å²) in [7, 11) is 0. The summed E-state index contributed by atoms with van der Waals surface area (Å²) in [4.78, 5) is 20.5. The van der Waals surface area contributed by atoms with Crippen molar-refractivity contribution in [3.8, 4) is 10.6 Å². The Morgan fingerprint density at radius 1 is 1.15 bits per heavy atom. The Morgan fingerprint density at radius 2 is 1.85 bits per heavy atom. The zero-order valence-corrected chi connectivity index (χ0v) is 16.2. The topological polar surface area (TPSA) is 45.2 Å². The van der Waals surface area contributed by atoms with E-state index < -0.39 is 0 Å². The molecule has 4 nitrogen and oxygen atoms in total. The lowest BCUT2D eigenvalue weighted by Gasteiger charge is -2.16. The SMILES string of the molecule is Cc1nc(-c2ccccc2)sc1C(=O)NC1CCN(Cc2ccccc2)C1. The van der Waals surface area contributed by atoms with E-state index in [2.05, 4.69) is 39.5 Å². The van der Waals surface area contributed by atoms with Gasteiger partial charge in [0.15, 0.2) is 0 Å². The second-order valence-electron chi connectivity index (χ2n) is 6.98. The van der Waals surface area contributed by atoms with Gasteiger partial charge in [0.05, 0.1) is 5.69 Å². The smallest absolute Gasteiger partial charge is 0.263 e. The highest BCUT2D eigenvalue weighted by Gasteiger charge is 2.25. The fourth-order valence-corrected chi connectivity index (χ4v) is 4.47. The second kappa shape index (κ2) is 8.03. The Balaban J connectivity index is 1.38. The van der Waals surface area contributed by atoms with Gasteiger partial charge in [0.25, 0.3) is 5.91 Å². The van der Waals surface area contributed by atoms with Gasteiger partial charge in [-0.25, -0.2) is 4.98 Å². The lowest BCUT2D eigenvalue weighted by atomic mass is 10.2. The Bertz CT molecular complexity index is 908. The lowest BCUT2D eigenvalue weighted by molar-refractivity contribution is 0.0941. The molecule has 0 spiro atoms. The van der Waals surface area contributed by atoms with Gasteiger partial charge in [-0.05, 0) is 18.9 Å². The van der Waals surface area contributed by atoms with Crippen LogP contribution < -0.4 is 5.32 Å². The monoisotopic (exact) mass is 377 g/mol. The predicted octanol–water partition coefficient (Wildman–Crippen LogP) is 4.12. The average molecular weight is 378 g/mol. The molecule has 1 saturated heterocycles. The standard InChI is InChI=1S/C22H23N3OS/c1-16-20(27-22(23-16)18-10-6-3-7-11-18)21(26)24-19-12-13-25(15-19)14-17-8-4-2-5-9-17/h2-11,19H,12-15H2,1H3,(H,24,26). The average Bonchev–Trinajstić information content (AvgIpc) is 3.29. The molecule has 1 atom stereocenters. The van der Waals surface area contributed by atoms with E-state index in [1.54, 1.807) is 0 Å². The molecule has 1 amide bonds. The maximum absolute atomic E-state index is 12.8. The third-order valence-corrected chi connectivity index (χ3v) is 6.09. The van der Waals surface area contributed by atoms with Crippen molar-refractivity contribution in [1.82, 2.24) is 15.2 Å². The Morgan fingerprint density at radius 3 is 2.59 bits per heavy atom. The van der Waals surface area contributed by atoms with Crippen LogP contribution in [0.3, 0.4) is 0 Å². The van der Waals surface area contributed by atoms with Crippen LogP contribution in [-0.4, -0.2) is 34.9 Å². The summed E-state index contributed by atoms with van der Waals surface area (Å²) in [5.41, 5.74) is 3.17. The molecule has 2 heterocycles. The van der Waals surface area contributed by atoms with Crippen molar-refractivity contribution in [3.05, 3.63) is 76.8 Å². The molecule has 1 aromatic heterocycles. The number of hydrogen-bond donors (Lipinski definition) is 1. The minimum atomic E-state index is -0.00116. The molecule has 5 heteroatoms. The van der Waals surface area contributed by atoms with Crippen LogP contribution in [0.2, 0.25) is 0 Å². The van der Waals surface area contributed by atoms with Gasteiger partial charge in [-0.15, -0.1) is 11.3 Å². The minimum absolute atomic E-state index is 0.00116. The van der Waals surface area contributed by atoms with Crippen LogP contribution in [0.1, 0.15) is 27.3 Å². The van der Waals surface area contributed by atoms with Crippen molar-refractivity contribution < 1.29 is 4.79 Å². The van der Waals surface area contributed by atoms with Crippen molar-refractivity contribution in [2.45, 2.75) is 25.9 Å². The Labute approximate surface area is 163 Å². The molecule has 1 aliphatic heterocycles. The number of nitrogens with one attached hydrogen (secondary N) is 1. The van der Waals surface area contributed by atoms with Crippen LogP contribution in [0.5, 0.6) is 0 Å². The number of benzene rings is 2. The van der Waals surface area contributed by atoms with E-state index in [-0.39, 0.29) is 11.9 Å². The molecule has 3 aromatic rings. The van der Waals surface area contributed by atoms with Crippen molar-refractivity contribution >= 4 is 17.2 Å². The van der Waals surface area contributed by atoms with E-state index in [4.69, 9.17) is 0 Å². The summed E-state index contributed by atoms with van der Waals surface area (Å²) < 4.78 is 0. The highest BCUT2D eigenvalue weighted by molar-refractivity contribution is 7.17. The molecular formula is C22H23N3OS. The van der Waals surface area contributed by atoms with Crippen molar-refractivity contribution in [2.75, 3.05) is 13.1 Å². The molecule has 1 unspecified atom stereocenters. The maximum atomic E-state index is 12.8. The first-order chi connectivity index (χ1) is 13.2. The minimum Gasteiger partial charge on any atom is -0.347 e. The van der Waals surface area contributed by atoms with Gasteiger partial charge in [0, 0.05) is 31.2 Å². The molecule has 138 valence electrons. The predicted molar refractivity (Wildman–Crippen MR) is 110 cm³/mol. The number of carbonyl (C=O) groups is 1. The van der Waals surface area contributed by atoms with Crippen molar-refractivity contribution in [3.63, 3.8) is 0 Å². The van der Waals surface area contributed by atoms with Crippen molar-refractivity contribution in [2.24, 2.45) is 0 Å². The molecule has 1 fully saturated rings. The van der Waals surface area contributed by atoms with E-state index in [1.165, 1.54) is 16.9 Å². The van der Waals surface area contributed by atoms with Gasteiger partial charge in [0.2, 0.25) is 0 Å². The zero-order chi connectivity index (χ0) is 18.6. The van der Waals surface area contributed by atoms with Crippen LogP contribution >= 0.6 is 11.3 Å². The Hall–Kier alpha value is -2.50. The molecular weight excluding hydrogens is 354 g/mol. The summed E-state index contributed by atoms with van der Waals surface area (Å²) in [6.07, 6.45) is 0.988. The number of rotatable bonds is 5. The van der Waals surface area contributed by atoms with Gasteiger partial charge in [0.1, 0.15) is 9.88 Å². The summed E-state index contributed by atoms with van der Waals surface area (Å²) in [6, 6.07) is 20.7. The van der Waals surface area contributed by atoms with Gasteiger partial charge in [-0.2, -0.15) is 0 Å². The van der Waals surface area contributed by atoms with Crippen LogP contribution in [-0.2, 0) is 6.54 Å². The largest absolute Gasteiger partial charge is 0.347 e. The number of aromatic nitrogens is 1. The lowest BCUT2D eigenvalue weighted by Crippen LogP contribution is -2.36. The van der Waals surface area contributed by atoms with E-state index >= 15 is 0 Å². The second-order valence-corrected chi connectivity index (χ2v) is 7.98. The van der Waals surface area contributed by atoms with Crippen LogP contribution in [0.25, 0.3) is 10.6 Å². The molecule has 0 saturated carbocycles. The summed E-state index contributed by atoms with van der Waals surface area (Å²) in [6.45, 7) is 4.75. The Kier molecular flexibility index (Phi) is 5.32. The summed E-state index contributed by atoms with van der Waals surface area (Å²) >= 11 is 1.47. The normalized spacial score (nSPS) is 17.1. The van der Waals surface area contributed by atoms with Gasteiger partial charge >= 0.3 is 0 Å². The molecule has 1 N–H and O–H groups in total. The van der Waals surface area contributed by atoms with Gasteiger partial charge in [-0.3, -0.25) is 9.69 Å². The number of aryl methyl sites for hydroxylation is 1.